The van der Waals surface area contributed by atoms with Crippen LogP contribution in [0.3, 0.4) is 0 Å². The number of hydrogen-bond acceptors (Lipinski definition) is 6. The highest BCUT2D eigenvalue weighted by Gasteiger charge is 2.12. The van der Waals surface area contributed by atoms with E-state index in [-0.39, 0.29) is 5.91 Å². The van der Waals surface area contributed by atoms with Gasteiger partial charge in [0.15, 0.2) is 0 Å². The molecule has 1 aromatic heterocycles. The molecule has 8 nitrogen and oxygen atoms in total. The molecule has 0 saturated carbocycles. The van der Waals surface area contributed by atoms with Crippen LogP contribution >= 0.6 is 0 Å². The highest BCUT2D eigenvalue weighted by Crippen LogP contribution is 2.20. The van der Waals surface area contributed by atoms with E-state index >= 15 is 0 Å². The van der Waals surface area contributed by atoms with Crippen LogP contribution in [0.15, 0.2) is 61.2 Å². The molecular weight excluding hydrogens is 370 g/mol. The maximum Gasteiger partial charge on any atom is 0.255 e. The van der Waals surface area contributed by atoms with E-state index in [1.165, 1.54) is 6.33 Å². The third kappa shape index (κ3) is 5.11. The van der Waals surface area contributed by atoms with Gasteiger partial charge in [-0.15, -0.1) is 0 Å². The van der Waals surface area contributed by atoms with Gasteiger partial charge in [0, 0.05) is 36.1 Å². The van der Waals surface area contributed by atoms with E-state index in [2.05, 4.69) is 20.3 Å². The molecule has 1 saturated heterocycles. The molecule has 29 heavy (non-hydrogen) atoms. The Bertz CT molecular complexity index is 922. The van der Waals surface area contributed by atoms with E-state index in [0.717, 1.165) is 32.0 Å². The van der Waals surface area contributed by atoms with Gasteiger partial charge in [-0.1, -0.05) is 6.07 Å². The normalized spacial score (nSPS) is 13.9. The summed E-state index contributed by atoms with van der Waals surface area (Å²) >= 11 is 0. The van der Waals surface area contributed by atoms with Crippen molar-refractivity contribution in [2.24, 2.45) is 0 Å². The monoisotopic (exact) mass is 393 g/mol. The topological polar surface area (TPSA) is 81.5 Å². The van der Waals surface area contributed by atoms with Gasteiger partial charge in [0.1, 0.15) is 25.0 Å². The zero-order valence-corrected chi connectivity index (χ0v) is 16.0. The molecule has 0 unspecified atom stereocenters. The second kappa shape index (κ2) is 9.20. The van der Waals surface area contributed by atoms with E-state index < -0.39 is 0 Å². The smallest absolute Gasteiger partial charge is 0.255 e. The number of rotatable bonds is 7. The summed E-state index contributed by atoms with van der Waals surface area (Å²) in [6.07, 6.45) is 3.13. The quantitative estimate of drug-likeness (QED) is 0.664. The first kappa shape index (κ1) is 18.9. The molecule has 0 radical (unpaired) electrons. The van der Waals surface area contributed by atoms with E-state index in [4.69, 9.17) is 9.47 Å². The highest BCUT2D eigenvalue weighted by atomic mass is 16.5. The minimum atomic E-state index is -0.154. The van der Waals surface area contributed by atoms with Gasteiger partial charge >= 0.3 is 0 Å². The highest BCUT2D eigenvalue weighted by molar-refractivity contribution is 6.04. The summed E-state index contributed by atoms with van der Waals surface area (Å²) in [5.74, 6) is 0.531. The number of carbonyl (C=O) groups is 1. The van der Waals surface area contributed by atoms with Crippen molar-refractivity contribution in [3.63, 3.8) is 0 Å². The Morgan fingerprint density at radius 3 is 2.72 bits per heavy atom. The second-order valence-corrected chi connectivity index (χ2v) is 6.64. The van der Waals surface area contributed by atoms with Gasteiger partial charge < -0.3 is 19.7 Å². The number of nitrogens with zero attached hydrogens (tertiary/aromatic N) is 4. The molecule has 0 aliphatic carbocycles. The fraction of sp³-hybridized carbons (Fsp3) is 0.286. The minimum absolute atomic E-state index is 0.154. The molecule has 1 aliphatic rings. The van der Waals surface area contributed by atoms with Gasteiger partial charge in [0.25, 0.3) is 5.91 Å². The fourth-order valence-electron chi connectivity index (χ4n) is 3.12. The predicted molar refractivity (Wildman–Crippen MR) is 109 cm³/mol. The molecule has 2 aromatic carbocycles. The van der Waals surface area contributed by atoms with Crippen LogP contribution in [0.1, 0.15) is 10.4 Å². The Balaban J connectivity index is 1.32. The first-order valence-corrected chi connectivity index (χ1v) is 9.57. The van der Waals surface area contributed by atoms with E-state index in [9.17, 15) is 4.79 Å². The Kier molecular flexibility index (Phi) is 6.01. The van der Waals surface area contributed by atoms with Crippen LogP contribution in [-0.4, -0.2) is 53.6 Å². The SMILES string of the molecule is O=C(Nc1cccc(OCCn2cncn2)c1)c1ccc(N2CCOCC2)cc1. The van der Waals surface area contributed by atoms with Gasteiger partial charge in [0.2, 0.25) is 0 Å². The van der Waals surface area contributed by atoms with Crippen molar-refractivity contribution in [1.29, 1.82) is 0 Å². The molecular formula is C21H23N5O3. The average molecular weight is 393 g/mol. The number of aromatic nitrogens is 3. The largest absolute Gasteiger partial charge is 0.492 e. The molecule has 1 fully saturated rings. The van der Waals surface area contributed by atoms with E-state index in [0.29, 0.717) is 30.2 Å². The van der Waals surface area contributed by atoms with Gasteiger partial charge in [0.05, 0.1) is 19.8 Å². The molecule has 1 aliphatic heterocycles. The number of carbonyl (C=O) groups excluding carboxylic acids is 1. The van der Waals surface area contributed by atoms with Crippen LogP contribution in [0.25, 0.3) is 0 Å². The molecule has 0 bridgehead atoms. The van der Waals surface area contributed by atoms with Gasteiger partial charge in [-0.2, -0.15) is 5.10 Å². The Morgan fingerprint density at radius 1 is 1.14 bits per heavy atom. The van der Waals surface area contributed by atoms with Gasteiger partial charge in [-0.25, -0.2) is 9.67 Å². The maximum absolute atomic E-state index is 12.6. The molecule has 0 spiro atoms. The summed E-state index contributed by atoms with van der Waals surface area (Å²) in [5, 5.41) is 6.95. The number of amides is 1. The van der Waals surface area contributed by atoms with Crippen LogP contribution in [0.4, 0.5) is 11.4 Å². The van der Waals surface area contributed by atoms with Crippen molar-refractivity contribution >= 4 is 17.3 Å². The first-order valence-electron chi connectivity index (χ1n) is 9.57. The minimum Gasteiger partial charge on any atom is -0.492 e. The lowest BCUT2D eigenvalue weighted by atomic mass is 10.1. The van der Waals surface area contributed by atoms with Gasteiger partial charge in [-0.3, -0.25) is 4.79 Å². The summed E-state index contributed by atoms with van der Waals surface area (Å²) in [6, 6.07) is 15.0. The first-order chi connectivity index (χ1) is 14.3. The molecule has 8 heteroatoms. The number of morpholine rings is 1. The van der Waals surface area contributed by atoms with Crippen molar-refractivity contribution in [3.8, 4) is 5.75 Å². The van der Waals surface area contributed by atoms with E-state index in [1.807, 2.05) is 42.5 Å². The van der Waals surface area contributed by atoms with E-state index in [1.54, 1.807) is 17.1 Å². The summed E-state index contributed by atoms with van der Waals surface area (Å²) < 4.78 is 12.8. The molecule has 2 heterocycles. The molecule has 4 rings (SSSR count). The van der Waals surface area contributed by atoms with Crippen LogP contribution < -0.4 is 15.0 Å². The van der Waals surface area contributed by atoms with Gasteiger partial charge in [-0.05, 0) is 36.4 Å². The number of benzene rings is 2. The average Bonchev–Trinajstić information content (AvgIpc) is 3.28. The third-order valence-electron chi connectivity index (χ3n) is 4.65. The van der Waals surface area contributed by atoms with Crippen molar-refractivity contribution in [3.05, 3.63) is 66.7 Å². The standard InChI is InChI=1S/C21H23N5O3/c27-21(17-4-6-19(7-5-17)25-8-11-28-12-9-25)24-18-2-1-3-20(14-18)29-13-10-26-16-22-15-23-26/h1-7,14-16H,8-13H2,(H,24,27). The Morgan fingerprint density at radius 2 is 1.97 bits per heavy atom. The Hall–Kier alpha value is -3.39. The van der Waals surface area contributed by atoms with Crippen molar-refractivity contribution in [2.75, 3.05) is 43.1 Å². The Labute approximate surface area is 169 Å². The molecule has 3 aromatic rings. The van der Waals surface area contributed by atoms with Crippen LogP contribution in [-0.2, 0) is 11.3 Å². The molecule has 1 amide bonds. The van der Waals surface area contributed by atoms with Crippen LogP contribution in [0.5, 0.6) is 5.75 Å². The number of anilines is 2. The second-order valence-electron chi connectivity index (χ2n) is 6.64. The number of nitrogens with one attached hydrogen (secondary N) is 1. The predicted octanol–water partition coefficient (Wildman–Crippen LogP) is 2.45. The maximum atomic E-state index is 12.6. The van der Waals surface area contributed by atoms with Crippen molar-refractivity contribution in [1.82, 2.24) is 14.8 Å². The van der Waals surface area contributed by atoms with Crippen molar-refractivity contribution in [2.45, 2.75) is 6.54 Å². The summed E-state index contributed by atoms with van der Waals surface area (Å²) in [6.45, 7) is 4.28. The fourth-order valence-corrected chi connectivity index (χ4v) is 3.12. The number of ether oxygens (including phenoxy) is 2. The summed E-state index contributed by atoms with van der Waals surface area (Å²) in [5.41, 5.74) is 2.40. The summed E-state index contributed by atoms with van der Waals surface area (Å²) in [4.78, 5) is 18.7. The van der Waals surface area contributed by atoms with Crippen LogP contribution in [0, 0.1) is 0 Å². The lowest BCUT2D eigenvalue weighted by Crippen LogP contribution is -2.36. The molecule has 0 atom stereocenters. The zero-order chi connectivity index (χ0) is 19.9. The number of hydrogen-bond donors (Lipinski definition) is 1. The third-order valence-corrected chi connectivity index (χ3v) is 4.65. The molecule has 1 N–H and O–H groups in total. The van der Waals surface area contributed by atoms with Crippen molar-refractivity contribution < 1.29 is 14.3 Å². The lowest BCUT2D eigenvalue weighted by Gasteiger charge is -2.28. The zero-order valence-electron chi connectivity index (χ0n) is 16.0. The van der Waals surface area contributed by atoms with Crippen LogP contribution in [0.2, 0.25) is 0 Å². The lowest BCUT2D eigenvalue weighted by molar-refractivity contribution is 0.102. The molecule has 150 valence electrons. The summed E-state index contributed by atoms with van der Waals surface area (Å²) in [7, 11) is 0.